The van der Waals surface area contributed by atoms with Crippen molar-refractivity contribution in [1.29, 1.82) is 0 Å². The highest BCUT2D eigenvalue weighted by atomic mass is 32.2. The van der Waals surface area contributed by atoms with Gasteiger partial charge in [-0.05, 0) is 78.5 Å². The third-order valence-corrected chi connectivity index (χ3v) is 13.1. The summed E-state index contributed by atoms with van der Waals surface area (Å²) in [5, 5.41) is 1.04. The molecule has 11 heteroatoms. The second-order valence-corrected chi connectivity index (χ2v) is 16.6. The maximum atomic E-state index is 14.6. The molecule has 3 aliphatic heterocycles. The minimum absolute atomic E-state index is 0.177. The van der Waals surface area contributed by atoms with E-state index in [2.05, 4.69) is 56.5 Å². The Kier molecular flexibility index (Phi) is 7.46. The van der Waals surface area contributed by atoms with Gasteiger partial charge in [-0.15, -0.1) is 0 Å². The molecule has 0 bridgehead atoms. The summed E-state index contributed by atoms with van der Waals surface area (Å²) in [5.41, 5.74) is 6.52. The molecule has 4 heterocycles. The number of ether oxygens (including phenoxy) is 1. The van der Waals surface area contributed by atoms with Crippen molar-refractivity contribution in [3.63, 3.8) is 0 Å². The standard InChI is InChI=1S/C36H45N5O5S/c1-38(2)47(44,45)37-35(42)33-28-20-41-29(15-27-30(46-4)14-13-24(34(27)41)21-9-6-5-7-10-21)31-25(32(28)33)11-8-12-26(31)36(43)40-18-22-16-39(3)17-23(22)19-40/h8,11,13-15,21-23,26,31H,5-7,9-10,12,16-20H2,1-4H3,(H,37,42)/t22?,23?,26-,31?/m1/s1. The van der Waals surface area contributed by atoms with Crippen molar-refractivity contribution in [2.45, 2.75) is 56.9 Å². The third kappa shape index (κ3) is 4.99. The van der Waals surface area contributed by atoms with Crippen molar-refractivity contribution in [3.8, 4) is 5.75 Å². The number of allylic oxidation sites excluding steroid dienone is 4. The van der Waals surface area contributed by atoms with Crippen LogP contribution in [0.1, 0.15) is 61.6 Å². The van der Waals surface area contributed by atoms with E-state index in [4.69, 9.17) is 4.74 Å². The summed E-state index contributed by atoms with van der Waals surface area (Å²) >= 11 is 0. The molecule has 0 radical (unpaired) electrons. The number of nitrogens with one attached hydrogen (secondary N) is 1. The monoisotopic (exact) mass is 659 g/mol. The van der Waals surface area contributed by atoms with E-state index >= 15 is 0 Å². The van der Waals surface area contributed by atoms with E-state index in [1.165, 1.54) is 38.9 Å². The fourth-order valence-electron chi connectivity index (χ4n) is 9.41. The van der Waals surface area contributed by atoms with Crippen LogP contribution in [0.15, 0.2) is 52.6 Å². The molecule has 6 aliphatic rings. The van der Waals surface area contributed by atoms with Gasteiger partial charge >= 0.3 is 10.2 Å². The Bertz CT molecular complexity index is 1870. The van der Waals surface area contributed by atoms with Gasteiger partial charge < -0.3 is 19.1 Å². The Labute approximate surface area is 277 Å². The first-order valence-electron chi connectivity index (χ1n) is 17.1. The molecule has 0 spiro atoms. The van der Waals surface area contributed by atoms with Crippen LogP contribution in [0, 0.1) is 17.8 Å². The van der Waals surface area contributed by atoms with E-state index in [0.29, 0.717) is 36.3 Å². The SMILES string of the molecule is COc1ccc(C2CCCCC2)c2c1cc1n2CC2=C(C(=O)NS(=O)(=O)N(C)C)C2=C2C=CC[C@@H](C(=O)N3CC4CN(C)CC4C3)C21. The lowest BCUT2D eigenvalue weighted by atomic mass is 9.76. The predicted molar refractivity (Wildman–Crippen MR) is 180 cm³/mol. The zero-order chi connectivity index (χ0) is 32.8. The number of methoxy groups -OCH3 is 1. The highest BCUT2D eigenvalue weighted by Gasteiger charge is 2.49. The molecular formula is C36H45N5O5S. The van der Waals surface area contributed by atoms with E-state index in [1.807, 2.05) is 0 Å². The summed E-state index contributed by atoms with van der Waals surface area (Å²) in [6.07, 6.45) is 10.7. The van der Waals surface area contributed by atoms with Crippen LogP contribution in [0.2, 0.25) is 0 Å². The molecule has 3 fully saturated rings. The van der Waals surface area contributed by atoms with Gasteiger partial charge in [0.25, 0.3) is 5.91 Å². The van der Waals surface area contributed by atoms with Crippen LogP contribution in [0.3, 0.4) is 0 Å². The second kappa shape index (κ2) is 11.3. The maximum absolute atomic E-state index is 14.6. The number of fused-ring (bicyclic) bond motifs is 7. The number of benzene rings is 1. The molecule has 1 saturated carbocycles. The van der Waals surface area contributed by atoms with Gasteiger partial charge in [0.05, 0.1) is 24.1 Å². The van der Waals surface area contributed by atoms with Crippen LogP contribution >= 0.6 is 0 Å². The largest absolute Gasteiger partial charge is 0.496 e. The smallest absolute Gasteiger partial charge is 0.303 e. The number of hydrogen-bond donors (Lipinski definition) is 1. The molecule has 10 nitrogen and oxygen atoms in total. The normalized spacial score (nSPS) is 27.6. The molecule has 250 valence electrons. The fourth-order valence-corrected chi connectivity index (χ4v) is 9.93. The number of carbonyl (C=O) groups is 2. The molecular weight excluding hydrogens is 614 g/mol. The van der Waals surface area contributed by atoms with Crippen molar-refractivity contribution < 1.29 is 22.7 Å². The van der Waals surface area contributed by atoms with Gasteiger partial charge in [-0.2, -0.15) is 12.7 Å². The number of amides is 2. The minimum Gasteiger partial charge on any atom is -0.496 e. The molecule has 3 aliphatic carbocycles. The van der Waals surface area contributed by atoms with Gasteiger partial charge in [0.1, 0.15) is 5.75 Å². The molecule has 3 unspecified atom stereocenters. The van der Waals surface area contributed by atoms with Gasteiger partial charge in [-0.1, -0.05) is 37.5 Å². The maximum Gasteiger partial charge on any atom is 0.303 e. The van der Waals surface area contributed by atoms with Crippen LogP contribution in [0.4, 0.5) is 0 Å². The van der Waals surface area contributed by atoms with E-state index in [0.717, 1.165) is 82.4 Å². The number of likely N-dealkylation sites (tertiary alicyclic amines) is 2. The topological polar surface area (TPSA) is 104 Å². The summed E-state index contributed by atoms with van der Waals surface area (Å²) in [7, 11) is 2.69. The van der Waals surface area contributed by atoms with Gasteiger partial charge in [-0.25, -0.2) is 4.72 Å². The number of carbonyl (C=O) groups excluding carboxylic acids is 2. The van der Waals surface area contributed by atoms with Crippen molar-refractivity contribution in [3.05, 3.63) is 63.9 Å². The Morgan fingerprint density at radius 1 is 1.02 bits per heavy atom. The molecule has 2 amide bonds. The lowest BCUT2D eigenvalue weighted by Crippen LogP contribution is -2.40. The first-order valence-corrected chi connectivity index (χ1v) is 18.6. The van der Waals surface area contributed by atoms with Gasteiger partial charge in [0.15, 0.2) is 0 Å². The third-order valence-electron chi connectivity index (χ3n) is 11.7. The van der Waals surface area contributed by atoms with Gasteiger partial charge in [0.2, 0.25) is 5.91 Å². The summed E-state index contributed by atoms with van der Waals surface area (Å²) in [6, 6.07) is 6.53. The number of hydrogen-bond acceptors (Lipinski definition) is 6. The highest BCUT2D eigenvalue weighted by molar-refractivity contribution is 7.87. The Hall–Kier alpha value is -3.41. The van der Waals surface area contributed by atoms with E-state index in [1.54, 1.807) is 7.11 Å². The van der Waals surface area contributed by atoms with Crippen LogP contribution in [0.25, 0.3) is 10.9 Å². The highest BCUT2D eigenvalue weighted by Crippen LogP contribution is 2.55. The number of nitrogens with zero attached hydrogens (tertiary/aromatic N) is 4. The number of aromatic nitrogens is 1. The van der Waals surface area contributed by atoms with Crippen LogP contribution in [0.5, 0.6) is 5.75 Å². The molecule has 2 aromatic rings. The quantitative estimate of drug-likeness (QED) is 0.505. The van der Waals surface area contributed by atoms with Crippen LogP contribution < -0.4 is 9.46 Å². The van der Waals surface area contributed by atoms with Crippen LogP contribution in [-0.2, 0) is 26.3 Å². The molecule has 1 N–H and O–H groups in total. The molecule has 4 atom stereocenters. The summed E-state index contributed by atoms with van der Waals surface area (Å²) in [5.74, 6) is 1.23. The fraction of sp³-hybridized carbons (Fsp3) is 0.556. The van der Waals surface area contributed by atoms with Crippen molar-refractivity contribution in [2.75, 3.05) is 54.4 Å². The Morgan fingerprint density at radius 3 is 2.43 bits per heavy atom. The molecule has 47 heavy (non-hydrogen) atoms. The minimum atomic E-state index is -3.97. The predicted octanol–water partition coefficient (Wildman–Crippen LogP) is 3.92. The summed E-state index contributed by atoms with van der Waals surface area (Å²) in [6.45, 7) is 4.07. The van der Waals surface area contributed by atoms with Crippen LogP contribution in [-0.4, -0.2) is 93.3 Å². The van der Waals surface area contributed by atoms with Crippen molar-refractivity contribution >= 4 is 32.9 Å². The molecule has 2 saturated heterocycles. The average Bonchev–Trinajstić information content (AvgIpc) is 3.24. The zero-order valence-corrected chi connectivity index (χ0v) is 28.6. The first-order chi connectivity index (χ1) is 22.6. The lowest BCUT2D eigenvalue weighted by Gasteiger charge is -2.33. The first kappa shape index (κ1) is 30.9. The lowest BCUT2D eigenvalue weighted by molar-refractivity contribution is -0.135. The molecule has 8 rings (SSSR count). The summed E-state index contributed by atoms with van der Waals surface area (Å²) < 4.78 is 37.0. The van der Waals surface area contributed by atoms with E-state index < -0.39 is 16.1 Å². The summed E-state index contributed by atoms with van der Waals surface area (Å²) in [4.78, 5) is 32.7. The Balaban J connectivity index is 1.27. The van der Waals surface area contributed by atoms with Crippen molar-refractivity contribution in [2.24, 2.45) is 17.8 Å². The average molecular weight is 660 g/mol. The Morgan fingerprint density at radius 2 is 1.74 bits per heavy atom. The molecule has 1 aromatic carbocycles. The zero-order valence-electron chi connectivity index (χ0n) is 27.8. The number of rotatable bonds is 6. The van der Waals surface area contributed by atoms with Crippen molar-refractivity contribution in [1.82, 2.24) is 23.4 Å². The second-order valence-electron chi connectivity index (χ2n) is 14.7. The van der Waals surface area contributed by atoms with E-state index in [9.17, 15) is 18.0 Å². The van der Waals surface area contributed by atoms with E-state index in [-0.39, 0.29) is 17.7 Å². The van der Waals surface area contributed by atoms with Gasteiger partial charge in [0, 0.05) is 63.8 Å². The van der Waals surface area contributed by atoms with Gasteiger partial charge in [-0.3, -0.25) is 9.59 Å². The molecule has 1 aromatic heterocycles.